The SMILES string of the molecule is CC(=O)NC(c1ccc[nH]1)c1cccc2ccccc12. The van der Waals surface area contributed by atoms with Crippen LogP contribution in [0, 0.1) is 0 Å². The molecule has 0 radical (unpaired) electrons. The molecule has 20 heavy (non-hydrogen) atoms. The van der Waals surface area contributed by atoms with Crippen LogP contribution in [0.15, 0.2) is 60.8 Å². The van der Waals surface area contributed by atoms with E-state index in [1.807, 2.05) is 36.5 Å². The molecule has 1 aromatic heterocycles. The van der Waals surface area contributed by atoms with Crippen molar-refractivity contribution in [3.05, 3.63) is 72.1 Å². The molecule has 0 fully saturated rings. The number of hydrogen-bond donors (Lipinski definition) is 2. The van der Waals surface area contributed by atoms with Crippen LogP contribution in [0.5, 0.6) is 0 Å². The molecule has 2 aromatic carbocycles. The number of rotatable bonds is 3. The topological polar surface area (TPSA) is 44.9 Å². The largest absolute Gasteiger partial charge is 0.363 e. The minimum atomic E-state index is -0.159. The van der Waals surface area contributed by atoms with Gasteiger partial charge >= 0.3 is 0 Å². The predicted octanol–water partition coefficient (Wildman–Crippen LogP) is 3.39. The summed E-state index contributed by atoms with van der Waals surface area (Å²) in [6, 6.07) is 18.1. The third-order valence-electron chi connectivity index (χ3n) is 3.41. The van der Waals surface area contributed by atoms with Gasteiger partial charge in [-0.1, -0.05) is 42.5 Å². The van der Waals surface area contributed by atoms with Crippen LogP contribution in [0.4, 0.5) is 0 Å². The van der Waals surface area contributed by atoms with E-state index < -0.39 is 0 Å². The molecule has 1 amide bonds. The highest BCUT2D eigenvalue weighted by Gasteiger charge is 2.17. The van der Waals surface area contributed by atoms with Crippen molar-refractivity contribution in [2.24, 2.45) is 0 Å². The van der Waals surface area contributed by atoms with Crippen molar-refractivity contribution >= 4 is 16.7 Å². The number of carbonyl (C=O) groups excluding carboxylic acids is 1. The van der Waals surface area contributed by atoms with Crippen LogP contribution < -0.4 is 5.32 Å². The number of nitrogens with one attached hydrogen (secondary N) is 2. The van der Waals surface area contributed by atoms with E-state index in [4.69, 9.17) is 0 Å². The molecular weight excluding hydrogens is 248 g/mol. The molecule has 1 atom stereocenters. The number of carbonyl (C=O) groups is 1. The average molecular weight is 264 g/mol. The molecular formula is C17H16N2O. The van der Waals surface area contributed by atoms with Gasteiger partial charge in [0, 0.05) is 18.8 Å². The van der Waals surface area contributed by atoms with Crippen LogP contribution in [-0.2, 0) is 4.79 Å². The summed E-state index contributed by atoms with van der Waals surface area (Å²) in [6.07, 6.45) is 1.87. The van der Waals surface area contributed by atoms with Crippen LogP contribution >= 0.6 is 0 Å². The molecule has 3 rings (SSSR count). The number of aromatic nitrogens is 1. The zero-order valence-corrected chi connectivity index (χ0v) is 11.3. The van der Waals surface area contributed by atoms with Crippen molar-refractivity contribution in [1.29, 1.82) is 0 Å². The molecule has 0 aliphatic heterocycles. The molecule has 3 aromatic rings. The van der Waals surface area contributed by atoms with E-state index in [-0.39, 0.29) is 11.9 Å². The highest BCUT2D eigenvalue weighted by molar-refractivity contribution is 5.87. The van der Waals surface area contributed by atoms with E-state index in [0.29, 0.717) is 0 Å². The summed E-state index contributed by atoms with van der Waals surface area (Å²) in [7, 11) is 0. The van der Waals surface area contributed by atoms with Gasteiger partial charge in [0.05, 0.1) is 6.04 Å². The van der Waals surface area contributed by atoms with E-state index >= 15 is 0 Å². The zero-order valence-electron chi connectivity index (χ0n) is 11.3. The van der Waals surface area contributed by atoms with E-state index in [9.17, 15) is 4.79 Å². The zero-order chi connectivity index (χ0) is 13.9. The Morgan fingerprint density at radius 2 is 1.85 bits per heavy atom. The van der Waals surface area contributed by atoms with E-state index in [0.717, 1.165) is 16.6 Å². The number of hydrogen-bond acceptors (Lipinski definition) is 1. The van der Waals surface area contributed by atoms with Crippen LogP contribution in [0.3, 0.4) is 0 Å². The highest BCUT2D eigenvalue weighted by atomic mass is 16.1. The van der Waals surface area contributed by atoms with Gasteiger partial charge in [-0.25, -0.2) is 0 Å². The quantitative estimate of drug-likeness (QED) is 0.748. The van der Waals surface area contributed by atoms with Crippen LogP contribution in [0.1, 0.15) is 24.2 Å². The van der Waals surface area contributed by atoms with Crippen LogP contribution in [0.25, 0.3) is 10.8 Å². The maximum atomic E-state index is 11.5. The predicted molar refractivity (Wildman–Crippen MR) is 80.4 cm³/mol. The number of amides is 1. The summed E-state index contributed by atoms with van der Waals surface area (Å²) in [4.78, 5) is 14.7. The lowest BCUT2D eigenvalue weighted by atomic mass is 9.97. The van der Waals surface area contributed by atoms with E-state index in [1.165, 1.54) is 5.39 Å². The van der Waals surface area contributed by atoms with Crippen molar-refractivity contribution in [3.8, 4) is 0 Å². The monoisotopic (exact) mass is 264 g/mol. The molecule has 2 N–H and O–H groups in total. The lowest BCUT2D eigenvalue weighted by molar-refractivity contribution is -0.119. The summed E-state index contributed by atoms with van der Waals surface area (Å²) < 4.78 is 0. The van der Waals surface area contributed by atoms with Crippen molar-refractivity contribution in [3.63, 3.8) is 0 Å². The van der Waals surface area contributed by atoms with Crippen molar-refractivity contribution in [1.82, 2.24) is 10.3 Å². The van der Waals surface area contributed by atoms with E-state index in [2.05, 4.69) is 34.6 Å². The molecule has 3 nitrogen and oxygen atoms in total. The van der Waals surface area contributed by atoms with Gasteiger partial charge < -0.3 is 10.3 Å². The normalized spacial score (nSPS) is 12.2. The molecule has 0 bridgehead atoms. The summed E-state index contributed by atoms with van der Waals surface area (Å²) in [5, 5.41) is 5.35. The first-order valence-electron chi connectivity index (χ1n) is 6.64. The van der Waals surface area contributed by atoms with Gasteiger partial charge in [0.25, 0.3) is 0 Å². The Hall–Kier alpha value is -2.55. The molecule has 0 saturated heterocycles. The highest BCUT2D eigenvalue weighted by Crippen LogP contribution is 2.28. The Morgan fingerprint density at radius 3 is 2.60 bits per heavy atom. The second-order valence-corrected chi connectivity index (χ2v) is 4.83. The second-order valence-electron chi connectivity index (χ2n) is 4.83. The fourth-order valence-electron chi connectivity index (χ4n) is 2.55. The first kappa shape index (κ1) is 12.5. The minimum absolute atomic E-state index is 0.0439. The lowest BCUT2D eigenvalue weighted by Crippen LogP contribution is -2.27. The number of H-pyrrole nitrogens is 1. The van der Waals surface area contributed by atoms with Crippen molar-refractivity contribution < 1.29 is 4.79 Å². The standard InChI is InChI=1S/C17H16N2O/c1-12(20)19-17(16-10-5-11-18-16)15-9-4-7-13-6-2-3-8-14(13)15/h2-11,17-18H,1H3,(H,19,20). The average Bonchev–Trinajstić information content (AvgIpc) is 2.98. The van der Waals surface area contributed by atoms with Gasteiger partial charge in [0.15, 0.2) is 0 Å². The number of aromatic amines is 1. The van der Waals surface area contributed by atoms with Crippen molar-refractivity contribution in [2.75, 3.05) is 0 Å². The molecule has 100 valence electrons. The fourth-order valence-corrected chi connectivity index (χ4v) is 2.55. The number of fused-ring (bicyclic) bond motifs is 1. The third-order valence-corrected chi connectivity index (χ3v) is 3.41. The Labute approximate surface area is 117 Å². The van der Waals surface area contributed by atoms with Gasteiger partial charge in [0.2, 0.25) is 5.91 Å². The van der Waals surface area contributed by atoms with Gasteiger partial charge in [0.1, 0.15) is 0 Å². The molecule has 0 aliphatic rings. The minimum Gasteiger partial charge on any atom is -0.363 e. The summed E-state index contributed by atoms with van der Waals surface area (Å²) in [6.45, 7) is 1.54. The van der Waals surface area contributed by atoms with Gasteiger partial charge in [-0.15, -0.1) is 0 Å². The first-order valence-corrected chi connectivity index (χ1v) is 6.64. The van der Waals surface area contributed by atoms with Gasteiger partial charge in [-0.05, 0) is 28.5 Å². The van der Waals surface area contributed by atoms with Crippen molar-refractivity contribution in [2.45, 2.75) is 13.0 Å². The van der Waals surface area contributed by atoms with Gasteiger partial charge in [-0.2, -0.15) is 0 Å². The van der Waals surface area contributed by atoms with Crippen LogP contribution in [-0.4, -0.2) is 10.9 Å². The Morgan fingerprint density at radius 1 is 1.05 bits per heavy atom. The molecule has 3 heteroatoms. The Kier molecular flexibility index (Phi) is 3.25. The molecule has 0 spiro atoms. The fraction of sp³-hybridized carbons (Fsp3) is 0.118. The first-order chi connectivity index (χ1) is 9.75. The summed E-state index contributed by atoms with van der Waals surface area (Å²) in [5.74, 6) is -0.0439. The Bertz CT molecular complexity index is 726. The lowest BCUT2D eigenvalue weighted by Gasteiger charge is -2.19. The number of benzene rings is 2. The molecule has 1 unspecified atom stereocenters. The molecule has 0 saturated carbocycles. The van der Waals surface area contributed by atoms with Gasteiger partial charge in [-0.3, -0.25) is 4.79 Å². The summed E-state index contributed by atoms with van der Waals surface area (Å²) >= 11 is 0. The molecule has 0 aliphatic carbocycles. The second kappa shape index (κ2) is 5.21. The Balaban J connectivity index is 2.16. The molecule has 1 heterocycles. The summed E-state index contributed by atoms with van der Waals surface area (Å²) in [5.41, 5.74) is 2.08. The smallest absolute Gasteiger partial charge is 0.217 e. The van der Waals surface area contributed by atoms with Crippen LogP contribution in [0.2, 0.25) is 0 Å². The maximum Gasteiger partial charge on any atom is 0.217 e. The van der Waals surface area contributed by atoms with E-state index in [1.54, 1.807) is 6.92 Å². The third kappa shape index (κ3) is 2.30. The maximum absolute atomic E-state index is 11.5.